The third-order valence-electron chi connectivity index (χ3n) is 1.22. The zero-order chi connectivity index (χ0) is 8.97. The van der Waals surface area contributed by atoms with Crippen molar-refractivity contribution in [1.82, 2.24) is 0 Å². The van der Waals surface area contributed by atoms with E-state index in [-0.39, 0.29) is 43.8 Å². The Balaban J connectivity index is 0.00000144. The van der Waals surface area contributed by atoms with E-state index in [0.717, 1.165) is 0 Å². The molecule has 1 aromatic carbocycles. The molecule has 4 heteroatoms. The summed E-state index contributed by atoms with van der Waals surface area (Å²) >= 11 is -1.31. The molecular weight excluding hydrogens is 212 g/mol. The van der Waals surface area contributed by atoms with Gasteiger partial charge in [-0.25, -0.2) is 4.21 Å². The van der Waals surface area contributed by atoms with Crippen LogP contribution in [-0.4, -0.2) is 48.1 Å². The van der Waals surface area contributed by atoms with Crippen LogP contribution in [0.25, 0.3) is 0 Å². The van der Waals surface area contributed by atoms with E-state index in [1.54, 1.807) is 12.1 Å². The Morgan fingerprint density at radius 1 is 1.23 bits per heavy atom. The van der Waals surface area contributed by atoms with Gasteiger partial charge in [-0.2, -0.15) is 0 Å². The summed E-state index contributed by atoms with van der Waals surface area (Å²) in [5.74, 6) is 0. The first-order chi connectivity index (χ1) is 5.70. The van der Waals surface area contributed by atoms with Crippen molar-refractivity contribution in [2.45, 2.75) is 24.8 Å². The summed E-state index contributed by atoms with van der Waals surface area (Å²) in [4.78, 5) is 0.714. The summed E-state index contributed by atoms with van der Waals surface area (Å²) in [6.45, 7) is 3.72. The van der Waals surface area contributed by atoms with Crippen LogP contribution in [0, 0.1) is 0 Å². The fourth-order valence-corrected chi connectivity index (χ4v) is 1.60. The number of rotatable bonds is 3. The maximum absolute atomic E-state index is 11.3. The van der Waals surface area contributed by atoms with E-state index in [9.17, 15) is 4.21 Å². The summed E-state index contributed by atoms with van der Waals surface area (Å²) in [6.07, 6.45) is -0.00830. The van der Waals surface area contributed by atoms with Gasteiger partial charge in [0.05, 0.1) is 11.0 Å². The van der Waals surface area contributed by atoms with Gasteiger partial charge in [-0.05, 0) is 26.0 Å². The molecule has 1 aromatic rings. The fourth-order valence-electron chi connectivity index (χ4n) is 0.762. The van der Waals surface area contributed by atoms with Gasteiger partial charge in [0, 0.05) is 37.7 Å². The van der Waals surface area contributed by atoms with Crippen LogP contribution in [0.3, 0.4) is 0 Å². The van der Waals surface area contributed by atoms with E-state index in [1.165, 1.54) is 0 Å². The molecule has 0 spiro atoms. The summed E-state index contributed by atoms with van der Waals surface area (Å²) in [7, 11) is 0. The predicted octanol–water partition coefficient (Wildman–Crippen LogP) is 1.75. The largest absolute Gasteiger partial charge is 0.284 e. The molecule has 0 aliphatic rings. The number of hydrogen-bond acceptors (Lipinski definition) is 2. The first-order valence-corrected chi connectivity index (χ1v) is 4.91. The third kappa shape index (κ3) is 5.13. The molecule has 0 aromatic heterocycles. The van der Waals surface area contributed by atoms with E-state index in [0.29, 0.717) is 4.90 Å². The Kier molecular flexibility index (Phi) is 7.27. The summed E-state index contributed by atoms with van der Waals surface area (Å²) in [5, 5.41) is 0. The molecule has 0 saturated carbocycles. The average Bonchev–Trinajstić information content (AvgIpc) is 2.05. The Hall–Kier alpha value is 0.590. The molecule has 0 fully saturated rings. The molecule has 0 heterocycles. The van der Waals surface area contributed by atoms with Crippen molar-refractivity contribution in [3.05, 3.63) is 30.3 Å². The smallest absolute Gasteiger partial charge is 0.189 e. The van der Waals surface area contributed by atoms with Crippen LogP contribution >= 0.6 is 0 Å². The van der Waals surface area contributed by atoms with Gasteiger partial charge in [0.15, 0.2) is 11.1 Å². The molecule has 0 amide bonds. The normalized spacial score (nSPS) is 12.2. The van der Waals surface area contributed by atoms with Crippen molar-refractivity contribution in [1.29, 1.82) is 0 Å². The molecule has 0 bridgehead atoms. The second kappa shape index (κ2) is 6.96. The molecule has 1 atom stereocenters. The SMILES string of the molecule is CC(C)OS(=O)c1ccccc1.[Ca]. The standard InChI is InChI=1S/C9H12O2S.Ca/c1-8(2)11-12(10)9-6-4-3-5-7-9;/h3-8H,1-2H3;. The molecule has 0 N–H and O–H groups in total. The minimum atomic E-state index is -1.31. The monoisotopic (exact) mass is 224 g/mol. The summed E-state index contributed by atoms with van der Waals surface area (Å²) in [6, 6.07) is 9.15. The summed E-state index contributed by atoms with van der Waals surface area (Å²) in [5.41, 5.74) is 0. The quantitative estimate of drug-likeness (QED) is 0.731. The minimum Gasteiger partial charge on any atom is -0.284 e. The molecule has 2 radical (unpaired) electrons. The predicted molar refractivity (Wildman–Crippen MR) is 54.8 cm³/mol. The molecule has 0 saturated heterocycles. The van der Waals surface area contributed by atoms with Gasteiger partial charge < -0.3 is 0 Å². The van der Waals surface area contributed by atoms with Gasteiger partial charge in [0.1, 0.15) is 0 Å². The number of benzene rings is 1. The van der Waals surface area contributed by atoms with Crippen molar-refractivity contribution >= 4 is 48.8 Å². The zero-order valence-electron chi connectivity index (χ0n) is 7.90. The van der Waals surface area contributed by atoms with Gasteiger partial charge >= 0.3 is 0 Å². The molecular formula is C9H12CaO2S. The number of hydrogen-bond donors (Lipinski definition) is 0. The van der Waals surface area contributed by atoms with E-state index < -0.39 is 11.1 Å². The molecule has 1 unspecified atom stereocenters. The Labute approximate surface area is 111 Å². The van der Waals surface area contributed by atoms with Crippen molar-refractivity contribution in [2.75, 3.05) is 0 Å². The van der Waals surface area contributed by atoms with Gasteiger partial charge in [-0.3, -0.25) is 4.18 Å². The van der Waals surface area contributed by atoms with Crippen LogP contribution in [0.1, 0.15) is 13.8 Å². The maximum Gasteiger partial charge on any atom is 0.189 e. The van der Waals surface area contributed by atoms with E-state index in [4.69, 9.17) is 4.18 Å². The average molecular weight is 224 g/mol. The second-order valence-corrected chi connectivity index (χ2v) is 3.83. The van der Waals surface area contributed by atoms with Gasteiger partial charge in [0.25, 0.3) is 0 Å². The first kappa shape index (κ1) is 13.6. The minimum absolute atomic E-state index is 0. The van der Waals surface area contributed by atoms with Crippen LogP contribution in [0.15, 0.2) is 35.2 Å². The van der Waals surface area contributed by atoms with Crippen LogP contribution in [0.4, 0.5) is 0 Å². The third-order valence-corrected chi connectivity index (χ3v) is 2.43. The van der Waals surface area contributed by atoms with Crippen LogP contribution in [0.2, 0.25) is 0 Å². The van der Waals surface area contributed by atoms with Gasteiger partial charge in [-0.15, -0.1) is 0 Å². The molecule has 68 valence electrons. The molecule has 0 aliphatic heterocycles. The Morgan fingerprint density at radius 3 is 2.23 bits per heavy atom. The Morgan fingerprint density at radius 2 is 1.77 bits per heavy atom. The van der Waals surface area contributed by atoms with Crippen LogP contribution in [0.5, 0.6) is 0 Å². The van der Waals surface area contributed by atoms with E-state index in [2.05, 4.69) is 0 Å². The van der Waals surface area contributed by atoms with Crippen molar-refractivity contribution in [3.8, 4) is 0 Å². The summed E-state index contributed by atoms with van der Waals surface area (Å²) < 4.78 is 16.5. The zero-order valence-corrected chi connectivity index (χ0v) is 10.9. The molecule has 13 heavy (non-hydrogen) atoms. The topological polar surface area (TPSA) is 26.3 Å². The van der Waals surface area contributed by atoms with E-state index >= 15 is 0 Å². The fraction of sp³-hybridized carbons (Fsp3) is 0.333. The molecule has 0 aliphatic carbocycles. The molecule has 1 rings (SSSR count). The van der Waals surface area contributed by atoms with Crippen LogP contribution in [-0.2, 0) is 15.3 Å². The van der Waals surface area contributed by atoms with Crippen molar-refractivity contribution < 1.29 is 8.39 Å². The van der Waals surface area contributed by atoms with E-state index in [1.807, 2.05) is 32.0 Å². The van der Waals surface area contributed by atoms with Crippen molar-refractivity contribution in [3.63, 3.8) is 0 Å². The maximum atomic E-state index is 11.3. The Bertz CT molecular complexity index is 262. The second-order valence-electron chi connectivity index (χ2n) is 2.69. The molecule has 2 nitrogen and oxygen atoms in total. The first-order valence-electron chi connectivity index (χ1n) is 3.84. The van der Waals surface area contributed by atoms with Gasteiger partial charge in [0.2, 0.25) is 0 Å². The van der Waals surface area contributed by atoms with Crippen LogP contribution < -0.4 is 0 Å². The van der Waals surface area contributed by atoms with Gasteiger partial charge in [-0.1, -0.05) is 18.2 Å². The van der Waals surface area contributed by atoms with Crippen molar-refractivity contribution in [2.24, 2.45) is 0 Å².